The number of pyridine rings is 2. The van der Waals surface area contributed by atoms with Crippen molar-refractivity contribution in [1.29, 1.82) is 0 Å². The summed E-state index contributed by atoms with van der Waals surface area (Å²) in [7, 11) is 0. The first-order valence-electron chi connectivity index (χ1n) is 15.2. The summed E-state index contributed by atoms with van der Waals surface area (Å²) in [6, 6.07) is 7.42. The van der Waals surface area contributed by atoms with Crippen molar-refractivity contribution in [1.82, 2.24) is 24.7 Å². The first-order chi connectivity index (χ1) is 21.0. The summed E-state index contributed by atoms with van der Waals surface area (Å²) in [5.74, 6) is -0.500. The number of aryl methyl sites for hydroxylation is 1. The van der Waals surface area contributed by atoms with Crippen LogP contribution in [0.3, 0.4) is 0 Å². The van der Waals surface area contributed by atoms with Gasteiger partial charge in [-0.25, -0.2) is 14.6 Å². The van der Waals surface area contributed by atoms with Gasteiger partial charge in [-0.3, -0.25) is 14.5 Å². The van der Waals surface area contributed by atoms with Crippen LogP contribution in [0.1, 0.15) is 56.4 Å². The highest BCUT2D eigenvalue weighted by Crippen LogP contribution is 2.43. The third-order valence-corrected chi connectivity index (χ3v) is 8.77. The molecule has 0 aliphatic carbocycles. The molecule has 0 spiro atoms. The number of hydrogen-bond acceptors (Lipinski definition) is 9. The number of piperazine rings is 1. The molecule has 3 aliphatic rings. The van der Waals surface area contributed by atoms with E-state index in [2.05, 4.69) is 5.32 Å². The van der Waals surface area contributed by atoms with Crippen molar-refractivity contribution >= 4 is 28.9 Å². The van der Waals surface area contributed by atoms with Crippen LogP contribution in [0.5, 0.6) is 5.75 Å². The van der Waals surface area contributed by atoms with E-state index in [9.17, 15) is 24.3 Å². The van der Waals surface area contributed by atoms with Gasteiger partial charge in [-0.05, 0) is 44.4 Å². The van der Waals surface area contributed by atoms with Crippen molar-refractivity contribution in [3.8, 4) is 17.1 Å². The summed E-state index contributed by atoms with van der Waals surface area (Å²) in [6.45, 7) is 9.51. The molecule has 12 heteroatoms. The lowest BCUT2D eigenvalue weighted by Gasteiger charge is -2.33. The van der Waals surface area contributed by atoms with E-state index in [4.69, 9.17) is 14.5 Å². The zero-order valence-corrected chi connectivity index (χ0v) is 25.4. The molecule has 3 aliphatic heterocycles. The number of cyclic esters (lactones) is 1. The number of nitrogens with one attached hydrogen (secondary N) is 1. The fourth-order valence-electron chi connectivity index (χ4n) is 6.34. The predicted molar refractivity (Wildman–Crippen MR) is 161 cm³/mol. The number of carbonyl (C=O) groups is 3. The van der Waals surface area contributed by atoms with Gasteiger partial charge in [0.05, 0.1) is 35.6 Å². The number of amides is 2. The van der Waals surface area contributed by atoms with Crippen LogP contribution in [0.2, 0.25) is 0 Å². The van der Waals surface area contributed by atoms with Crippen LogP contribution in [0, 0.1) is 0 Å². The SMILES string of the molecule is CCc1cccc2c(OC(=O)N3CCN(CC(=O)NC(C)C)CC3)c3c(nc12)-c1cc2c(c(=O)n1C3)COC(=O)[C@]2(O)CC. The maximum atomic E-state index is 13.7. The summed E-state index contributed by atoms with van der Waals surface area (Å²) in [5, 5.41) is 14.8. The Balaban J connectivity index is 1.36. The van der Waals surface area contributed by atoms with Crippen LogP contribution in [-0.2, 0) is 39.5 Å². The Hall–Kier alpha value is -4.29. The summed E-state index contributed by atoms with van der Waals surface area (Å²) < 4.78 is 12.9. The number of ether oxygens (including phenoxy) is 2. The molecule has 2 N–H and O–H groups in total. The first-order valence-corrected chi connectivity index (χ1v) is 15.2. The molecule has 2 aromatic heterocycles. The summed E-state index contributed by atoms with van der Waals surface area (Å²) in [6.07, 6.45) is 0.203. The number of benzene rings is 1. The molecule has 0 saturated carbocycles. The van der Waals surface area contributed by atoms with Gasteiger partial charge in [-0.1, -0.05) is 26.0 Å². The molecular weight excluding hydrogens is 566 g/mol. The molecule has 0 unspecified atom stereocenters. The lowest BCUT2D eigenvalue weighted by Crippen LogP contribution is -2.52. The van der Waals surface area contributed by atoms with Gasteiger partial charge in [-0.2, -0.15) is 0 Å². The fourth-order valence-corrected chi connectivity index (χ4v) is 6.34. The molecule has 0 radical (unpaired) electrons. The van der Waals surface area contributed by atoms with E-state index in [-0.39, 0.29) is 54.8 Å². The first kappa shape index (κ1) is 29.8. The Morgan fingerprint density at radius 3 is 2.57 bits per heavy atom. The topological polar surface area (TPSA) is 143 Å². The van der Waals surface area contributed by atoms with Crippen molar-refractivity contribution in [2.75, 3.05) is 32.7 Å². The highest BCUT2D eigenvalue weighted by atomic mass is 16.6. The molecule has 1 atom stereocenters. The van der Waals surface area contributed by atoms with Crippen LogP contribution in [0.4, 0.5) is 4.79 Å². The van der Waals surface area contributed by atoms with Gasteiger partial charge >= 0.3 is 12.1 Å². The molecule has 5 heterocycles. The summed E-state index contributed by atoms with van der Waals surface area (Å²) in [4.78, 5) is 60.7. The molecule has 12 nitrogen and oxygen atoms in total. The molecule has 44 heavy (non-hydrogen) atoms. The molecule has 232 valence electrons. The maximum absolute atomic E-state index is 13.7. The third kappa shape index (κ3) is 4.91. The van der Waals surface area contributed by atoms with E-state index >= 15 is 0 Å². The largest absolute Gasteiger partial charge is 0.458 e. The van der Waals surface area contributed by atoms with Crippen LogP contribution in [-0.4, -0.2) is 81.2 Å². The second-order valence-electron chi connectivity index (χ2n) is 11.9. The number of hydrogen-bond donors (Lipinski definition) is 2. The van der Waals surface area contributed by atoms with Gasteiger partial charge in [0.2, 0.25) is 5.91 Å². The Morgan fingerprint density at radius 2 is 1.89 bits per heavy atom. The predicted octanol–water partition coefficient (Wildman–Crippen LogP) is 2.28. The zero-order valence-electron chi connectivity index (χ0n) is 25.4. The normalized spacial score (nSPS) is 19.4. The molecule has 3 aromatic rings. The monoisotopic (exact) mass is 603 g/mol. The maximum Gasteiger partial charge on any atom is 0.415 e. The van der Waals surface area contributed by atoms with Crippen molar-refractivity contribution < 1.29 is 29.0 Å². The van der Waals surface area contributed by atoms with Crippen molar-refractivity contribution in [2.45, 2.75) is 65.3 Å². The fraction of sp³-hybridized carbons (Fsp3) is 0.469. The van der Waals surface area contributed by atoms with Crippen molar-refractivity contribution in [3.63, 3.8) is 0 Å². The molecule has 1 fully saturated rings. The highest BCUT2D eigenvalue weighted by molar-refractivity contribution is 5.95. The average molecular weight is 604 g/mol. The number of esters is 1. The Kier molecular flexibility index (Phi) is 7.66. The second-order valence-corrected chi connectivity index (χ2v) is 11.9. The van der Waals surface area contributed by atoms with Crippen LogP contribution < -0.4 is 15.6 Å². The molecule has 0 bridgehead atoms. The minimum Gasteiger partial charge on any atom is -0.458 e. The minimum atomic E-state index is -1.94. The number of fused-ring (bicyclic) bond motifs is 5. The lowest BCUT2D eigenvalue weighted by atomic mass is 9.86. The average Bonchev–Trinajstić information content (AvgIpc) is 3.37. The van der Waals surface area contributed by atoms with E-state index in [1.807, 2.05) is 43.9 Å². The van der Waals surface area contributed by atoms with E-state index in [1.165, 1.54) is 4.57 Å². The van der Waals surface area contributed by atoms with E-state index in [0.717, 1.165) is 5.56 Å². The van der Waals surface area contributed by atoms with Gasteiger partial charge in [0, 0.05) is 48.7 Å². The Labute approximate surface area is 254 Å². The molecule has 1 saturated heterocycles. The van der Waals surface area contributed by atoms with Crippen molar-refractivity contribution in [2.24, 2.45) is 0 Å². The highest BCUT2D eigenvalue weighted by Gasteiger charge is 2.45. The third-order valence-electron chi connectivity index (χ3n) is 8.77. The number of nitrogens with zero attached hydrogens (tertiary/aromatic N) is 4. The van der Waals surface area contributed by atoms with Crippen LogP contribution >= 0.6 is 0 Å². The van der Waals surface area contributed by atoms with E-state index in [1.54, 1.807) is 17.9 Å². The zero-order chi connectivity index (χ0) is 31.3. The number of rotatable bonds is 6. The van der Waals surface area contributed by atoms with Crippen LogP contribution in [0.15, 0.2) is 29.1 Å². The smallest absolute Gasteiger partial charge is 0.415 e. The number of carbonyl (C=O) groups excluding carboxylic acids is 3. The van der Waals surface area contributed by atoms with Crippen molar-refractivity contribution in [3.05, 3.63) is 56.9 Å². The second kappa shape index (κ2) is 11.3. The summed E-state index contributed by atoms with van der Waals surface area (Å²) in [5.41, 5.74) is 1.23. The van der Waals surface area contributed by atoms with Crippen LogP contribution in [0.25, 0.3) is 22.3 Å². The standard InChI is InChI=1S/C32H37N5O7/c1-5-19-8-7-9-20-26(19)34-27-21(15-37-24(27)14-23-22(29(37)39)17-43-30(40)32(23,42)6-2)28(20)44-31(41)36-12-10-35(11-13-36)16-25(38)33-18(3)4/h7-9,14,18,42H,5-6,10-13,15-17H2,1-4H3,(H,33,38)/t32-/m0/s1. The minimum absolute atomic E-state index is 0.0399. The molecular formula is C32H37N5O7. The van der Waals surface area contributed by atoms with Gasteiger partial charge in [0.15, 0.2) is 5.60 Å². The quantitative estimate of drug-likeness (QED) is 0.317. The number of aromatic nitrogens is 2. The van der Waals surface area contributed by atoms with Gasteiger partial charge in [-0.15, -0.1) is 0 Å². The van der Waals surface area contributed by atoms with E-state index in [0.29, 0.717) is 66.2 Å². The molecule has 1 aromatic carbocycles. The summed E-state index contributed by atoms with van der Waals surface area (Å²) >= 11 is 0. The van der Waals surface area contributed by atoms with Gasteiger partial charge in [0.25, 0.3) is 5.56 Å². The lowest BCUT2D eigenvalue weighted by molar-refractivity contribution is -0.172. The van der Waals surface area contributed by atoms with Gasteiger partial charge in [0.1, 0.15) is 12.4 Å². The Bertz CT molecular complexity index is 1740. The van der Waals surface area contributed by atoms with E-state index < -0.39 is 17.7 Å². The van der Waals surface area contributed by atoms with Gasteiger partial charge < -0.3 is 29.4 Å². The molecule has 6 rings (SSSR count). The number of aliphatic hydroxyl groups is 1. The number of para-hydroxylation sites is 1. The molecule has 2 amide bonds. The Morgan fingerprint density at radius 1 is 1.14 bits per heavy atom.